The number of hydrazine groups is 1. The van der Waals surface area contributed by atoms with E-state index in [-0.39, 0.29) is 10.1 Å². The standard InChI is InChI=1S/C18H18ClN3O2S/c1-2-10-20-18(25)22-21-17(23)15-9-8-14(11-16(15)19)24-12-13-6-4-3-5-7-13/h2-9,11H,1,10,12H2,(H,21,23)(H2,20,22,25). The number of hydrogen-bond acceptors (Lipinski definition) is 3. The summed E-state index contributed by atoms with van der Waals surface area (Å²) in [5, 5.41) is 3.40. The van der Waals surface area contributed by atoms with E-state index in [9.17, 15) is 4.79 Å². The molecule has 0 aliphatic rings. The number of carbonyl (C=O) groups is 1. The van der Waals surface area contributed by atoms with Gasteiger partial charge in [-0.1, -0.05) is 48.0 Å². The number of benzene rings is 2. The Bertz CT molecular complexity index is 753. The van der Waals surface area contributed by atoms with Crippen LogP contribution in [-0.2, 0) is 6.61 Å². The van der Waals surface area contributed by atoms with E-state index in [1.807, 2.05) is 30.3 Å². The van der Waals surface area contributed by atoms with Crippen molar-refractivity contribution in [3.63, 3.8) is 0 Å². The maximum absolute atomic E-state index is 12.1. The van der Waals surface area contributed by atoms with E-state index in [1.54, 1.807) is 24.3 Å². The molecular formula is C18H18ClN3O2S. The van der Waals surface area contributed by atoms with Crippen molar-refractivity contribution in [3.05, 3.63) is 77.3 Å². The minimum Gasteiger partial charge on any atom is -0.489 e. The lowest BCUT2D eigenvalue weighted by molar-refractivity contribution is 0.0944. The molecule has 0 fully saturated rings. The molecule has 0 saturated carbocycles. The summed E-state index contributed by atoms with van der Waals surface area (Å²) >= 11 is 11.2. The van der Waals surface area contributed by atoms with Crippen LogP contribution in [0.2, 0.25) is 5.02 Å². The Balaban J connectivity index is 1.90. The quantitative estimate of drug-likeness (QED) is 0.411. The normalized spacial score (nSPS) is 9.80. The maximum Gasteiger partial charge on any atom is 0.271 e. The molecule has 25 heavy (non-hydrogen) atoms. The molecule has 3 N–H and O–H groups in total. The summed E-state index contributed by atoms with van der Waals surface area (Å²) < 4.78 is 5.68. The Hall–Kier alpha value is -2.57. The Morgan fingerprint density at radius 3 is 2.64 bits per heavy atom. The van der Waals surface area contributed by atoms with Gasteiger partial charge in [-0.15, -0.1) is 6.58 Å². The molecular weight excluding hydrogens is 358 g/mol. The average molecular weight is 376 g/mol. The summed E-state index contributed by atoms with van der Waals surface area (Å²) in [6, 6.07) is 14.7. The molecule has 0 aliphatic carbocycles. The lowest BCUT2D eigenvalue weighted by atomic mass is 10.2. The number of ether oxygens (including phenoxy) is 1. The summed E-state index contributed by atoms with van der Waals surface area (Å²) in [7, 11) is 0. The van der Waals surface area contributed by atoms with Crippen molar-refractivity contribution in [2.24, 2.45) is 0 Å². The van der Waals surface area contributed by atoms with Gasteiger partial charge in [-0.25, -0.2) is 0 Å². The molecule has 0 radical (unpaired) electrons. The van der Waals surface area contributed by atoms with Crippen LogP contribution in [-0.4, -0.2) is 17.6 Å². The number of carbonyl (C=O) groups excluding carboxylic acids is 1. The van der Waals surface area contributed by atoms with Crippen molar-refractivity contribution < 1.29 is 9.53 Å². The number of halogens is 1. The van der Waals surface area contributed by atoms with E-state index in [1.165, 1.54) is 0 Å². The number of thiocarbonyl (C=S) groups is 1. The molecule has 0 atom stereocenters. The minimum absolute atomic E-state index is 0.284. The van der Waals surface area contributed by atoms with Crippen LogP contribution < -0.4 is 20.9 Å². The Labute approximate surface area is 157 Å². The Kier molecular flexibility index (Phi) is 7.25. The van der Waals surface area contributed by atoms with E-state index in [0.717, 1.165) is 5.56 Å². The number of nitrogens with one attached hydrogen (secondary N) is 3. The lowest BCUT2D eigenvalue weighted by Gasteiger charge is -2.12. The van der Waals surface area contributed by atoms with Crippen molar-refractivity contribution in [1.29, 1.82) is 0 Å². The highest BCUT2D eigenvalue weighted by Crippen LogP contribution is 2.23. The van der Waals surface area contributed by atoms with Crippen LogP contribution in [0.4, 0.5) is 0 Å². The molecule has 5 nitrogen and oxygen atoms in total. The molecule has 0 bridgehead atoms. The molecule has 0 aliphatic heterocycles. The second kappa shape index (κ2) is 9.66. The van der Waals surface area contributed by atoms with E-state index in [0.29, 0.717) is 24.5 Å². The Morgan fingerprint density at radius 1 is 1.20 bits per heavy atom. The third kappa shape index (κ3) is 6.10. The highest BCUT2D eigenvalue weighted by molar-refractivity contribution is 7.80. The largest absolute Gasteiger partial charge is 0.489 e. The van der Waals surface area contributed by atoms with Gasteiger partial charge in [0.1, 0.15) is 12.4 Å². The van der Waals surface area contributed by atoms with Crippen LogP contribution in [0.25, 0.3) is 0 Å². The number of amides is 1. The zero-order valence-corrected chi connectivity index (χ0v) is 15.0. The van der Waals surface area contributed by atoms with E-state index >= 15 is 0 Å². The third-order valence-electron chi connectivity index (χ3n) is 3.13. The van der Waals surface area contributed by atoms with Crippen LogP contribution in [0.5, 0.6) is 5.75 Å². The van der Waals surface area contributed by atoms with Gasteiger partial charge >= 0.3 is 0 Å². The molecule has 7 heteroatoms. The first kappa shape index (κ1) is 18.8. The summed E-state index contributed by atoms with van der Waals surface area (Å²) in [6.07, 6.45) is 1.65. The van der Waals surface area contributed by atoms with Gasteiger partial charge in [-0.05, 0) is 36.0 Å². The van der Waals surface area contributed by atoms with Gasteiger partial charge in [0.25, 0.3) is 5.91 Å². The molecule has 0 spiro atoms. The van der Waals surface area contributed by atoms with Crippen LogP contribution >= 0.6 is 23.8 Å². The van der Waals surface area contributed by atoms with Gasteiger partial charge in [0.15, 0.2) is 5.11 Å². The van der Waals surface area contributed by atoms with Crippen molar-refractivity contribution >= 4 is 34.8 Å². The predicted octanol–water partition coefficient (Wildman–Crippen LogP) is 3.21. The monoisotopic (exact) mass is 375 g/mol. The van der Waals surface area contributed by atoms with Gasteiger partial charge in [-0.2, -0.15) is 0 Å². The lowest BCUT2D eigenvalue weighted by Crippen LogP contribution is -2.46. The van der Waals surface area contributed by atoms with Crippen molar-refractivity contribution in [2.45, 2.75) is 6.61 Å². The van der Waals surface area contributed by atoms with E-state index in [4.69, 9.17) is 28.6 Å². The molecule has 0 heterocycles. The van der Waals surface area contributed by atoms with Crippen LogP contribution in [0.15, 0.2) is 61.2 Å². The van der Waals surface area contributed by atoms with Gasteiger partial charge in [-0.3, -0.25) is 15.6 Å². The fraction of sp³-hybridized carbons (Fsp3) is 0.111. The highest BCUT2D eigenvalue weighted by atomic mass is 35.5. The summed E-state index contributed by atoms with van der Waals surface area (Å²) in [4.78, 5) is 12.1. The van der Waals surface area contributed by atoms with Crippen molar-refractivity contribution in [3.8, 4) is 5.75 Å². The minimum atomic E-state index is -0.401. The predicted molar refractivity (Wildman–Crippen MR) is 104 cm³/mol. The van der Waals surface area contributed by atoms with E-state index in [2.05, 4.69) is 22.7 Å². The summed E-state index contributed by atoms with van der Waals surface area (Å²) in [5.74, 6) is 0.184. The molecule has 0 unspecified atom stereocenters. The number of rotatable bonds is 6. The van der Waals surface area contributed by atoms with Crippen molar-refractivity contribution in [2.75, 3.05) is 6.54 Å². The fourth-order valence-corrected chi connectivity index (χ4v) is 2.29. The van der Waals surface area contributed by atoms with Crippen LogP contribution in [0.3, 0.4) is 0 Å². The molecule has 2 aromatic rings. The van der Waals surface area contributed by atoms with Gasteiger partial charge in [0, 0.05) is 6.54 Å². The zero-order chi connectivity index (χ0) is 18.1. The maximum atomic E-state index is 12.1. The van der Waals surface area contributed by atoms with Gasteiger partial charge < -0.3 is 10.1 Å². The first-order valence-corrected chi connectivity index (χ1v) is 8.30. The van der Waals surface area contributed by atoms with E-state index < -0.39 is 5.91 Å². The fourth-order valence-electron chi connectivity index (χ4n) is 1.90. The van der Waals surface area contributed by atoms with Crippen LogP contribution in [0.1, 0.15) is 15.9 Å². The summed E-state index contributed by atoms with van der Waals surface area (Å²) in [5.41, 5.74) is 6.42. The van der Waals surface area contributed by atoms with Crippen molar-refractivity contribution in [1.82, 2.24) is 16.2 Å². The summed E-state index contributed by atoms with van der Waals surface area (Å²) in [6.45, 7) is 4.48. The molecule has 0 saturated heterocycles. The molecule has 0 aromatic heterocycles. The first-order chi connectivity index (χ1) is 12.1. The van der Waals surface area contributed by atoms with Gasteiger partial charge in [0.05, 0.1) is 10.6 Å². The molecule has 130 valence electrons. The average Bonchev–Trinajstić information content (AvgIpc) is 2.63. The first-order valence-electron chi connectivity index (χ1n) is 7.51. The molecule has 2 aromatic carbocycles. The topological polar surface area (TPSA) is 62.4 Å². The Morgan fingerprint density at radius 2 is 1.96 bits per heavy atom. The third-order valence-corrected chi connectivity index (χ3v) is 3.69. The molecule has 2 rings (SSSR count). The van der Waals surface area contributed by atoms with Gasteiger partial charge in [0.2, 0.25) is 0 Å². The second-order valence-electron chi connectivity index (χ2n) is 4.99. The SMILES string of the molecule is C=CCNC(=S)NNC(=O)c1ccc(OCc2ccccc2)cc1Cl. The van der Waals surface area contributed by atoms with Crippen LogP contribution in [0, 0.1) is 0 Å². The molecule has 1 amide bonds. The highest BCUT2D eigenvalue weighted by Gasteiger charge is 2.11. The second-order valence-corrected chi connectivity index (χ2v) is 5.81. The zero-order valence-electron chi connectivity index (χ0n) is 13.4. The smallest absolute Gasteiger partial charge is 0.271 e. The number of hydrogen-bond donors (Lipinski definition) is 3.